The molecule has 2 aliphatic rings. The summed E-state index contributed by atoms with van der Waals surface area (Å²) in [5, 5.41) is 40.8. The second-order valence-electron chi connectivity index (χ2n) is 8.70. The number of halogens is 1. The van der Waals surface area contributed by atoms with Crippen LogP contribution in [0.4, 0.5) is 0 Å². The molecule has 2 aliphatic heterocycles. The summed E-state index contributed by atoms with van der Waals surface area (Å²) < 4.78 is 13.7. The highest BCUT2D eigenvalue weighted by Gasteiger charge is 2.44. The molecule has 1 aromatic heterocycles. The van der Waals surface area contributed by atoms with Gasteiger partial charge in [-0.1, -0.05) is 29.8 Å². The molecular formula is C25H26ClNO6. The van der Waals surface area contributed by atoms with Crippen LogP contribution >= 0.6 is 11.6 Å². The molecule has 0 amide bonds. The molecule has 5 atom stereocenters. The van der Waals surface area contributed by atoms with E-state index in [-0.39, 0.29) is 0 Å². The molecule has 33 heavy (non-hydrogen) atoms. The monoisotopic (exact) mass is 471 g/mol. The molecule has 7 nitrogen and oxygen atoms in total. The number of nitrogens with zero attached hydrogens (tertiary/aromatic N) is 1. The molecule has 174 valence electrons. The third-order valence-corrected chi connectivity index (χ3v) is 6.89. The zero-order chi connectivity index (χ0) is 23.3. The van der Waals surface area contributed by atoms with Crippen molar-refractivity contribution in [3.8, 4) is 17.0 Å². The van der Waals surface area contributed by atoms with E-state index in [9.17, 15) is 20.4 Å². The molecule has 0 bridgehead atoms. The number of aromatic nitrogens is 1. The number of ether oxygens (including phenoxy) is 2. The molecule has 3 aromatic rings. The number of hydrogen-bond donors (Lipinski definition) is 4. The van der Waals surface area contributed by atoms with E-state index in [0.717, 1.165) is 33.7 Å². The predicted molar refractivity (Wildman–Crippen MR) is 122 cm³/mol. The molecule has 5 rings (SSSR count). The van der Waals surface area contributed by atoms with Gasteiger partial charge in [0.1, 0.15) is 42.9 Å². The Morgan fingerprint density at radius 3 is 2.64 bits per heavy atom. The summed E-state index contributed by atoms with van der Waals surface area (Å²) in [7, 11) is 2.02. The van der Waals surface area contributed by atoms with Gasteiger partial charge in [-0.2, -0.15) is 0 Å². The average molecular weight is 472 g/mol. The molecular weight excluding hydrogens is 446 g/mol. The van der Waals surface area contributed by atoms with Gasteiger partial charge in [-0.25, -0.2) is 0 Å². The first-order valence-corrected chi connectivity index (χ1v) is 11.2. The van der Waals surface area contributed by atoms with E-state index in [1.54, 1.807) is 12.1 Å². The van der Waals surface area contributed by atoms with Crippen LogP contribution in [0.3, 0.4) is 0 Å². The highest BCUT2D eigenvalue weighted by molar-refractivity contribution is 6.31. The number of aliphatic hydroxyl groups is 4. The first-order valence-electron chi connectivity index (χ1n) is 10.9. The Hall–Kier alpha value is -2.39. The van der Waals surface area contributed by atoms with Crippen LogP contribution in [-0.2, 0) is 24.8 Å². The van der Waals surface area contributed by atoms with Crippen molar-refractivity contribution in [1.29, 1.82) is 0 Å². The lowest BCUT2D eigenvalue weighted by Crippen LogP contribution is -2.55. The van der Waals surface area contributed by atoms with Crippen LogP contribution in [0.25, 0.3) is 11.3 Å². The minimum atomic E-state index is -1.43. The molecule has 8 heteroatoms. The molecule has 0 radical (unpaired) electrons. The Balaban J connectivity index is 1.45. The SMILES string of the molecule is Cn1ccc2c1-c1cc(Cc3cc([C@@H]4O[C@H](CO)[C@@H](O)[C@H](O)[C@H]4O)ccc3Cl)ccc1OC2. The second kappa shape index (κ2) is 8.76. The van der Waals surface area contributed by atoms with Crippen molar-refractivity contribution in [3.05, 3.63) is 75.9 Å². The fourth-order valence-corrected chi connectivity index (χ4v) is 4.90. The number of aliphatic hydroxyl groups excluding tert-OH is 4. The average Bonchev–Trinajstić information content (AvgIpc) is 3.20. The van der Waals surface area contributed by atoms with Gasteiger partial charge in [-0.3, -0.25) is 0 Å². The Kier molecular flexibility index (Phi) is 5.95. The van der Waals surface area contributed by atoms with Crippen molar-refractivity contribution in [2.75, 3.05) is 6.61 Å². The molecule has 1 saturated heterocycles. The van der Waals surface area contributed by atoms with Gasteiger partial charge < -0.3 is 34.5 Å². The van der Waals surface area contributed by atoms with E-state index < -0.39 is 37.1 Å². The van der Waals surface area contributed by atoms with E-state index in [0.29, 0.717) is 23.6 Å². The second-order valence-corrected chi connectivity index (χ2v) is 9.10. The van der Waals surface area contributed by atoms with Crippen LogP contribution in [0.1, 0.15) is 28.4 Å². The molecule has 1 fully saturated rings. The van der Waals surface area contributed by atoms with Gasteiger partial charge in [0.2, 0.25) is 0 Å². The van der Waals surface area contributed by atoms with Crippen molar-refractivity contribution in [1.82, 2.24) is 4.57 Å². The fraction of sp³-hybridized carbons (Fsp3) is 0.360. The van der Waals surface area contributed by atoms with E-state index in [2.05, 4.69) is 16.7 Å². The van der Waals surface area contributed by atoms with E-state index in [1.165, 1.54) is 0 Å². The quantitative estimate of drug-likeness (QED) is 0.465. The Morgan fingerprint density at radius 1 is 1.03 bits per heavy atom. The van der Waals surface area contributed by atoms with Gasteiger partial charge in [0.05, 0.1) is 12.3 Å². The number of hydrogen-bond acceptors (Lipinski definition) is 6. The van der Waals surface area contributed by atoms with Gasteiger partial charge in [-0.15, -0.1) is 0 Å². The van der Waals surface area contributed by atoms with Gasteiger partial charge in [-0.05, 0) is 47.4 Å². The Morgan fingerprint density at radius 2 is 1.85 bits per heavy atom. The van der Waals surface area contributed by atoms with Crippen molar-refractivity contribution >= 4 is 11.6 Å². The van der Waals surface area contributed by atoms with Crippen molar-refractivity contribution in [2.45, 2.75) is 43.5 Å². The maximum absolute atomic E-state index is 10.5. The van der Waals surface area contributed by atoms with Crippen molar-refractivity contribution in [3.63, 3.8) is 0 Å². The molecule has 0 saturated carbocycles. The first-order chi connectivity index (χ1) is 15.9. The largest absolute Gasteiger partial charge is 0.488 e. The van der Waals surface area contributed by atoms with Gasteiger partial charge >= 0.3 is 0 Å². The number of benzene rings is 2. The molecule has 2 aromatic carbocycles. The standard InChI is InChI=1S/C25H26ClNO6/c1-27-7-6-15-12-32-19-5-2-13(9-17(19)21(15)27)8-16-10-14(3-4-18(16)26)25-24(31)23(30)22(29)20(11-28)33-25/h2-7,9-10,20,22-25,28-31H,8,11-12H2,1H3/t20-,22-,23+,24-,25+/m1/s1. The summed E-state index contributed by atoms with van der Waals surface area (Å²) in [6.07, 6.45) is -3.47. The smallest absolute Gasteiger partial charge is 0.129 e. The molecule has 0 unspecified atom stereocenters. The van der Waals surface area contributed by atoms with Crippen LogP contribution in [0.5, 0.6) is 5.75 Å². The summed E-state index contributed by atoms with van der Waals surface area (Å²) in [4.78, 5) is 0. The maximum Gasteiger partial charge on any atom is 0.129 e. The zero-order valence-corrected chi connectivity index (χ0v) is 18.8. The summed E-state index contributed by atoms with van der Waals surface area (Å²) in [5.41, 5.74) is 5.79. The summed E-state index contributed by atoms with van der Waals surface area (Å²) >= 11 is 6.50. The highest BCUT2D eigenvalue weighted by Crippen LogP contribution is 2.39. The summed E-state index contributed by atoms with van der Waals surface area (Å²) in [5.74, 6) is 0.842. The van der Waals surface area contributed by atoms with Gasteiger partial charge in [0.25, 0.3) is 0 Å². The van der Waals surface area contributed by atoms with E-state index >= 15 is 0 Å². The molecule has 0 spiro atoms. The fourth-order valence-electron chi connectivity index (χ4n) is 4.72. The lowest BCUT2D eigenvalue weighted by molar-refractivity contribution is -0.231. The van der Waals surface area contributed by atoms with Gasteiger partial charge in [0, 0.05) is 29.4 Å². The van der Waals surface area contributed by atoms with Crippen LogP contribution in [0.15, 0.2) is 48.7 Å². The third-order valence-electron chi connectivity index (χ3n) is 6.52. The Bertz CT molecular complexity index is 1180. The van der Waals surface area contributed by atoms with Crippen LogP contribution in [-0.4, -0.2) is 56.0 Å². The third kappa shape index (κ3) is 3.95. The lowest BCUT2D eigenvalue weighted by atomic mass is 9.90. The molecule has 0 aliphatic carbocycles. The van der Waals surface area contributed by atoms with Crippen LogP contribution < -0.4 is 4.74 Å². The molecule has 4 N–H and O–H groups in total. The van der Waals surface area contributed by atoms with E-state index in [4.69, 9.17) is 21.1 Å². The van der Waals surface area contributed by atoms with Crippen LogP contribution in [0, 0.1) is 0 Å². The van der Waals surface area contributed by atoms with Crippen molar-refractivity contribution < 1.29 is 29.9 Å². The minimum Gasteiger partial charge on any atom is -0.488 e. The highest BCUT2D eigenvalue weighted by atomic mass is 35.5. The number of aryl methyl sites for hydroxylation is 1. The molecule has 3 heterocycles. The Labute approximate surface area is 196 Å². The minimum absolute atomic E-state index is 0.472. The summed E-state index contributed by atoms with van der Waals surface area (Å²) in [6.45, 7) is 0.0791. The topological polar surface area (TPSA) is 104 Å². The number of fused-ring (bicyclic) bond motifs is 3. The summed E-state index contributed by atoms with van der Waals surface area (Å²) in [6, 6.07) is 13.4. The maximum atomic E-state index is 10.5. The zero-order valence-electron chi connectivity index (χ0n) is 18.1. The van der Waals surface area contributed by atoms with Gasteiger partial charge in [0.15, 0.2) is 0 Å². The van der Waals surface area contributed by atoms with Crippen LogP contribution in [0.2, 0.25) is 5.02 Å². The number of rotatable bonds is 4. The normalized spacial score (nSPS) is 26.4. The van der Waals surface area contributed by atoms with Crippen molar-refractivity contribution in [2.24, 2.45) is 7.05 Å². The first kappa shape index (κ1) is 22.4. The predicted octanol–water partition coefficient (Wildman–Crippen LogP) is 2.34. The van der Waals surface area contributed by atoms with E-state index in [1.807, 2.05) is 31.4 Å². The lowest BCUT2D eigenvalue weighted by Gasteiger charge is -2.40.